The molecule has 0 N–H and O–H groups in total. The maximum absolute atomic E-state index is 11.8. The molecule has 21 heavy (non-hydrogen) atoms. The Morgan fingerprint density at radius 1 is 1.38 bits per heavy atom. The number of hydrogen-bond acceptors (Lipinski definition) is 4. The monoisotopic (exact) mass is 352 g/mol. The first-order chi connectivity index (χ1) is 10.1. The van der Waals surface area contributed by atoms with Gasteiger partial charge in [-0.25, -0.2) is 9.78 Å². The summed E-state index contributed by atoms with van der Waals surface area (Å²) in [5, 5.41) is 0. The van der Waals surface area contributed by atoms with E-state index in [1.807, 2.05) is 29.7 Å². The summed E-state index contributed by atoms with van der Waals surface area (Å²) in [6.07, 6.45) is 2.38. The van der Waals surface area contributed by atoms with Crippen LogP contribution in [0.25, 0.3) is 5.69 Å². The van der Waals surface area contributed by atoms with Crippen molar-refractivity contribution in [3.05, 3.63) is 40.4 Å². The van der Waals surface area contributed by atoms with Crippen molar-refractivity contribution in [3.8, 4) is 11.4 Å². The van der Waals surface area contributed by atoms with Gasteiger partial charge in [0.2, 0.25) is 0 Å². The van der Waals surface area contributed by atoms with Crippen LogP contribution in [-0.4, -0.2) is 29.2 Å². The smallest absolute Gasteiger partial charge is 0.358 e. The molecule has 0 aliphatic heterocycles. The molecule has 0 amide bonds. The Balaban J connectivity index is 2.50. The van der Waals surface area contributed by atoms with Gasteiger partial charge in [0.25, 0.3) is 0 Å². The summed E-state index contributed by atoms with van der Waals surface area (Å²) < 4.78 is 13.2. The normalized spacial score (nSPS) is 10.5. The molecular formula is C15H17BrN2O3. The van der Waals surface area contributed by atoms with Crippen molar-refractivity contribution < 1.29 is 14.3 Å². The van der Waals surface area contributed by atoms with E-state index in [9.17, 15) is 4.79 Å². The van der Waals surface area contributed by atoms with E-state index < -0.39 is 5.97 Å². The van der Waals surface area contributed by atoms with Gasteiger partial charge in [0.1, 0.15) is 11.6 Å². The molecule has 5 nitrogen and oxygen atoms in total. The van der Waals surface area contributed by atoms with Crippen LogP contribution in [0.1, 0.15) is 30.2 Å². The zero-order chi connectivity index (χ0) is 15.4. The van der Waals surface area contributed by atoms with Gasteiger partial charge < -0.3 is 9.47 Å². The molecule has 6 heteroatoms. The summed E-state index contributed by atoms with van der Waals surface area (Å²) in [6.45, 7) is 4.08. The van der Waals surface area contributed by atoms with E-state index in [4.69, 9.17) is 9.47 Å². The third kappa shape index (κ3) is 3.26. The number of halogens is 1. The number of carbonyl (C=O) groups is 1. The number of rotatable bonds is 5. The van der Waals surface area contributed by atoms with Gasteiger partial charge in [0, 0.05) is 17.1 Å². The lowest BCUT2D eigenvalue weighted by molar-refractivity contribution is 0.0520. The summed E-state index contributed by atoms with van der Waals surface area (Å²) in [5.41, 5.74) is 1.14. The minimum Gasteiger partial charge on any atom is -0.495 e. The standard InChI is InChI=1S/C15H17BrN2O3/c1-4-14-17-11(15(19)21-5-2)9-18(14)12-7-6-10(16)8-13(12)20-3/h6-9H,4-5H2,1-3H3. The fourth-order valence-corrected chi connectivity index (χ4v) is 2.37. The minimum absolute atomic E-state index is 0.304. The molecule has 1 heterocycles. The number of aromatic nitrogens is 2. The molecule has 0 unspecified atom stereocenters. The molecule has 0 spiro atoms. The third-order valence-electron chi connectivity index (χ3n) is 2.98. The molecule has 0 atom stereocenters. The van der Waals surface area contributed by atoms with Crippen LogP contribution in [0.3, 0.4) is 0 Å². The van der Waals surface area contributed by atoms with Crippen LogP contribution in [0.15, 0.2) is 28.9 Å². The fraction of sp³-hybridized carbons (Fsp3) is 0.333. The highest BCUT2D eigenvalue weighted by Crippen LogP contribution is 2.28. The number of ether oxygens (including phenoxy) is 2. The first-order valence-corrected chi connectivity index (χ1v) is 7.49. The highest BCUT2D eigenvalue weighted by Gasteiger charge is 2.17. The Hall–Kier alpha value is -1.82. The van der Waals surface area contributed by atoms with Crippen molar-refractivity contribution in [2.75, 3.05) is 13.7 Å². The van der Waals surface area contributed by atoms with E-state index in [1.54, 1.807) is 20.2 Å². The first-order valence-electron chi connectivity index (χ1n) is 6.70. The van der Waals surface area contributed by atoms with E-state index >= 15 is 0 Å². The van der Waals surface area contributed by atoms with Crippen molar-refractivity contribution in [1.82, 2.24) is 9.55 Å². The van der Waals surface area contributed by atoms with Gasteiger partial charge in [-0.3, -0.25) is 4.57 Å². The Kier molecular flexibility index (Phi) is 5.01. The molecule has 0 bridgehead atoms. The average molecular weight is 353 g/mol. The van der Waals surface area contributed by atoms with Crippen LogP contribution in [0.4, 0.5) is 0 Å². The molecule has 0 aliphatic carbocycles. The fourth-order valence-electron chi connectivity index (χ4n) is 2.03. The van der Waals surface area contributed by atoms with E-state index in [1.165, 1.54) is 0 Å². The molecule has 2 aromatic rings. The molecule has 0 radical (unpaired) electrons. The molecule has 112 valence electrons. The van der Waals surface area contributed by atoms with Crippen LogP contribution >= 0.6 is 15.9 Å². The second-order valence-corrected chi connectivity index (χ2v) is 5.22. The van der Waals surface area contributed by atoms with Gasteiger partial charge in [0.15, 0.2) is 5.69 Å². The molecule has 1 aromatic heterocycles. The summed E-state index contributed by atoms with van der Waals surface area (Å²) in [5.74, 6) is 1.06. The summed E-state index contributed by atoms with van der Waals surface area (Å²) in [4.78, 5) is 16.2. The lowest BCUT2D eigenvalue weighted by atomic mass is 10.3. The number of hydrogen-bond donors (Lipinski definition) is 0. The maximum atomic E-state index is 11.8. The van der Waals surface area contributed by atoms with Gasteiger partial charge >= 0.3 is 5.97 Å². The number of imidazole rings is 1. The van der Waals surface area contributed by atoms with Gasteiger partial charge in [0.05, 0.1) is 19.4 Å². The van der Waals surface area contributed by atoms with Crippen molar-refractivity contribution in [1.29, 1.82) is 0 Å². The van der Waals surface area contributed by atoms with Crippen LogP contribution in [0.5, 0.6) is 5.75 Å². The van der Waals surface area contributed by atoms with E-state index in [0.717, 1.165) is 16.0 Å². The van der Waals surface area contributed by atoms with E-state index in [0.29, 0.717) is 24.5 Å². The third-order valence-corrected chi connectivity index (χ3v) is 3.47. The minimum atomic E-state index is -0.415. The Labute approximate surface area is 132 Å². The molecule has 0 fully saturated rings. The van der Waals surface area contributed by atoms with Crippen LogP contribution in [-0.2, 0) is 11.2 Å². The zero-order valence-corrected chi connectivity index (χ0v) is 13.8. The number of methoxy groups -OCH3 is 1. The second kappa shape index (κ2) is 6.76. The Morgan fingerprint density at radius 2 is 2.14 bits per heavy atom. The lowest BCUT2D eigenvalue weighted by Crippen LogP contribution is -2.04. The van der Waals surface area contributed by atoms with Crippen molar-refractivity contribution in [2.45, 2.75) is 20.3 Å². The molecule has 0 saturated heterocycles. The Morgan fingerprint density at radius 3 is 2.76 bits per heavy atom. The molecule has 0 aliphatic rings. The summed E-state index contributed by atoms with van der Waals surface area (Å²) in [6, 6.07) is 5.71. The van der Waals surface area contributed by atoms with Gasteiger partial charge in [-0.1, -0.05) is 22.9 Å². The number of aryl methyl sites for hydroxylation is 1. The largest absolute Gasteiger partial charge is 0.495 e. The highest BCUT2D eigenvalue weighted by molar-refractivity contribution is 9.10. The highest BCUT2D eigenvalue weighted by atomic mass is 79.9. The van der Waals surface area contributed by atoms with Gasteiger partial charge in [-0.15, -0.1) is 0 Å². The van der Waals surface area contributed by atoms with E-state index in [-0.39, 0.29) is 0 Å². The Bertz CT molecular complexity index is 652. The number of benzene rings is 1. The maximum Gasteiger partial charge on any atom is 0.358 e. The predicted molar refractivity (Wildman–Crippen MR) is 83.2 cm³/mol. The zero-order valence-electron chi connectivity index (χ0n) is 12.2. The number of nitrogens with zero attached hydrogens (tertiary/aromatic N) is 2. The van der Waals surface area contributed by atoms with Crippen molar-refractivity contribution in [2.24, 2.45) is 0 Å². The van der Waals surface area contributed by atoms with Gasteiger partial charge in [-0.05, 0) is 25.1 Å². The first kappa shape index (κ1) is 15.6. The topological polar surface area (TPSA) is 53.4 Å². The molecule has 0 saturated carbocycles. The van der Waals surface area contributed by atoms with Crippen molar-refractivity contribution >= 4 is 21.9 Å². The second-order valence-electron chi connectivity index (χ2n) is 4.30. The molecule has 1 aromatic carbocycles. The van der Waals surface area contributed by atoms with Crippen LogP contribution in [0.2, 0.25) is 0 Å². The SMILES string of the molecule is CCOC(=O)c1cn(-c2ccc(Br)cc2OC)c(CC)n1. The average Bonchev–Trinajstić information content (AvgIpc) is 2.91. The molecular weight excluding hydrogens is 336 g/mol. The number of esters is 1. The quantitative estimate of drug-likeness (QED) is 0.774. The van der Waals surface area contributed by atoms with E-state index in [2.05, 4.69) is 20.9 Å². The summed E-state index contributed by atoms with van der Waals surface area (Å²) >= 11 is 3.42. The van der Waals surface area contributed by atoms with Crippen LogP contribution in [0, 0.1) is 0 Å². The van der Waals surface area contributed by atoms with Crippen LogP contribution < -0.4 is 4.74 Å². The van der Waals surface area contributed by atoms with Gasteiger partial charge in [-0.2, -0.15) is 0 Å². The molecule has 2 rings (SSSR count). The van der Waals surface area contributed by atoms with Crippen molar-refractivity contribution in [3.63, 3.8) is 0 Å². The summed E-state index contributed by atoms with van der Waals surface area (Å²) in [7, 11) is 1.61. The number of carbonyl (C=O) groups excluding carboxylic acids is 1. The predicted octanol–water partition coefficient (Wildman–Crippen LogP) is 3.38. The lowest BCUT2D eigenvalue weighted by Gasteiger charge is -2.11.